The van der Waals surface area contributed by atoms with Gasteiger partial charge in [-0.3, -0.25) is 4.79 Å². The average Bonchev–Trinajstić information content (AvgIpc) is 2.78. The van der Waals surface area contributed by atoms with Crippen LogP contribution in [0.2, 0.25) is 5.02 Å². The van der Waals surface area contributed by atoms with Crippen LogP contribution in [-0.2, 0) is 16.0 Å². The molecule has 0 radical (unpaired) electrons. The Balaban J connectivity index is 2.24. The lowest BCUT2D eigenvalue weighted by molar-refractivity contribution is -0.121. The van der Waals surface area contributed by atoms with Crippen LogP contribution in [0.15, 0.2) is 35.1 Å². The summed E-state index contributed by atoms with van der Waals surface area (Å²) >= 11 is 5.80. The first-order valence-electron chi connectivity index (χ1n) is 5.35. The van der Waals surface area contributed by atoms with Crippen LogP contribution in [0.1, 0.15) is 12.0 Å². The van der Waals surface area contributed by atoms with Gasteiger partial charge in [0.25, 0.3) is 0 Å². The molecule has 0 amide bonds. The molecule has 0 aliphatic rings. The fourth-order valence-corrected chi connectivity index (χ4v) is 1.73. The molecular formula is C13H10ClNO3. The van der Waals surface area contributed by atoms with Crippen molar-refractivity contribution in [2.75, 3.05) is 0 Å². The Morgan fingerprint density at radius 3 is 2.72 bits per heavy atom. The zero-order chi connectivity index (χ0) is 13.0. The molecule has 4 nitrogen and oxygen atoms in total. The first-order chi connectivity index (χ1) is 8.70. The highest BCUT2D eigenvalue weighted by atomic mass is 35.5. The van der Waals surface area contributed by atoms with Crippen LogP contribution in [0.5, 0.6) is 0 Å². The van der Waals surface area contributed by atoms with Crippen molar-refractivity contribution in [3.05, 3.63) is 41.1 Å². The fraction of sp³-hybridized carbons (Fsp3) is 0.154. The van der Waals surface area contributed by atoms with E-state index < -0.39 is 0 Å². The minimum atomic E-state index is -0.164. The van der Waals surface area contributed by atoms with E-state index in [4.69, 9.17) is 16.1 Å². The topological polar surface area (TPSA) is 60.2 Å². The number of nitrogens with zero attached hydrogens (tertiary/aromatic N) is 1. The normalized spacial score (nSPS) is 10.3. The third-order valence-corrected chi connectivity index (χ3v) is 2.71. The Kier molecular flexibility index (Phi) is 3.89. The molecule has 5 heteroatoms. The summed E-state index contributed by atoms with van der Waals surface area (Å²) in [6.07, 6.45) is 2.07. The number of aldehydes is 1. The molecule has 0 fully saturated rings. The van der Waals surface area contributed by atoms with E-state index in [9.17, 15) is 9.59 Å². The summed E-state index contributed by atoms with van der Waals surface area (Å²) in [5.74, 6) is -0.164. The Morgan fingerprint density at radius 1 is 1.33 bits per heavy atom. The van der Waals surface area contributed by atoms with Crippen molar-refractivity contribution in [3.63, 3.8) is 0 Å². The van der Waals surface area contributed by atoms with Gasteiger partial charge in [0.05, 0.1) is 6.42 Å². The number of Topliss-reactive ketones (excluding diaryl/α,β-unsaturated/α-hetero) is 1. The third-order valence-electron chi connectivity index (χ3n) is 2.46. The van der Waals surface area contributed by atoms with Gasteiger partial charge in [0.15, 0.2) is 0 Å². The van der Waals surface area contributed by atoms with E-state index >= 15 is 0 Å². The highest BCUT2D eigenvalue weighted by Gasteiger charge is 2.13. The molecule has 0 N–H and O–H groups in total. The Bertz CT molecular complexity index is 560. The van der Waals surface area contributed by atoms with Crippen molar-refractivity contribution < 1.29 is 14.1 Å². The molecule has 0 unspecified atom stereocenters. The molecule has 0 aliphatic carbocycles. The number of ketones is 1. The second-order valence-corrected chi connectivity index (χ2v) is 4.22. The summed E-state index contributed by atoms with van der Waals surface area (Å²) in [5, 5.41) is 4.50. The SMILES string of the molecule is O=CCC(=O)Cc1conc1-c1ccc(Cl)cc1. The number of hydrogen-bond donors (Lipinski definition) is 0. The predicted octanol–water partition coefficient (Wildman–Crippen LogP) is 2.70. The Labute approximate surface area is 109 Å². The summed E-state index contributed by atoms with van der Waals surface area (Å²) in [6, 6.07) is 7.08. The van der Waals surface area contributed by atoms with Gasteiger partial charge in [0.2, 0.25) is 0 Å². The summed E-state index contributed by atoms with van der Waals surface area (Å²) in [4.78, 5) is 21.7. The van der Waals surface area contributed by atoms with Crippen LogP contribution in [-0.4, -0.2) is 17.2 Å². The molecule has 0 spiro atoms. The first kappa shape index (κ1) is 12.5. The van der Waals surface area contributed by atoms with Crippen LogP contribution in [0.4, 0.5) is 0 Å². The summed E-state index contributed by atoms with van der Waals surface area (Å²) in [7, 11) is 0. The van der Waals surface area contributed by atoms with Crippen molar-refractivity contribution in [1.82, 2.24) is 5.16 Å². The minimum absolute atomic E-state index is 0.0920. The Morgan fingerprint density at radius 2 is 2.06 bits per heavy atom. The largest absolute Gasteiger partial charge is 0.364 e. The van der Waals surface area contributed by atoms with E-state index in [0.717, 1.165) is 5.56 Å². The highest BCUT2D eigenvalue weighted by molar-refractivity contribution is 6.30. The van der Waals surface area contributed by atoms with Crippen LogP contribution >= 0.6 is 11.6 Å². The van der Waals surface area contributed by atoms with E-state index in [2.05, 4.69) is 5.16 Å². The van der Waals surface area contributed by atoms with Gasteiger partial charge < -0.3 is 9.32 Å². The maximum absolute atomic E-state index is 11.4. The standard InChI is InChI=1S/C13H10ClNO3/c14-11-3-1-9(2-4-11)13-10(8-18-15-13)7-12(17)5-6-16/h1-4,6,8H,5,7H2. The van der Waals surface area contributed by atoms with Gasteiger partial charge in [-0.15, -0.1) is 0 Å². The molecule has 2 rings (SSSR count). The van der Waals surface area contributed by atoms with Gasteiger partial charge in [0, 0.05) is 22.6 Å². The third kappa shape index (κ3) is 2.84. The van der Waals surface area contributed by atoms with Gasteiger partial charge in [0.1, 0.15) is 24.0 Å². The van der Waals surface area contributed by atoms with E-state index in [1.807, 2.05) is 0 Å². The summed E-state index contributed by atoms with van der Waals surface area (Å²) in [6.45, 7) is 0. The molecule has 0 saturated heterocycles. The molecular weight excluding hydrogens is 254 g/mol. The van der Waals surface area contributed by atoms with E-state index in [1.165, 1.54) is 6.26 Å². The maximum atomic E-state index is 11.4. The van der Waals surface area contributed by atoms with E-state index in [-0.39, 0.29) is 18.6 Å². The molecule has 0 bridgehead atoms. The molecule has 92 valence electrons. The van der Waals surface area contributed by atoms with Crippen molar-refractivity contribution in [1.29, 1.82) is 0 Å². The van der Waals surface area contributed by atoms with Crippen molar-refractivity contribution in [2.45, 2.75) is 12.8 Å². The van der Waals surface area contributed by atoms with Gasteiger partial charge in [-0.25, -0.2) is 0 Å². The van der Waals surface area contributed by atoms with Crippen LogP contribution in [0.3, 0.4) is 0 Å². The number of rotatable bonds is 5. The zero-order valence-electron chi connectivity index (χ0n) is 9.43. The van der Waals surface area contributed by atoms with Crippen molar-refractivity contribution in [2.24, 2.45) is 0 Å². The fourth-order valence-electron chi connectivity index (χ4n) is 1.61. The second-order valence-electron chi connectivity index (χ2n) is 3.78. The molecule has 18 heavy (non-hydrogen) atoms. The van der Waals surface area contributed by atoms with Gasteiger partial charge >= 0.3 is 0 Å². The quantitative estimate of drug-likeness (QED) is 0.615. The predicted molar refractivity (Wildman–Crippen MR) is 66.3 cm³/mol. The minimum Gasteiger partial charge on any atom is -0.364 e. The molecule has 1 heterocycles. The number of aromatic nitrogens is 1. The summed E-state index contributed by atoms with van der Waals surface area (Å²) < 4.78 is 4.89. The van der Waals surface area contributed by atoms with Gasteiger partial charge in [-0.05, 0) is 12.1 Å². The van der Waals surface area contributed by atoms with Crippen LogP contribution < -0.4 is 0 Å². The average molecular weight is 264 g/mol. The number of hydrogen-bond acceptors (Lipinski definition) is 4. The van der Waals surface area contributed by atoms with E-state index in [1.54, 1.807) is 24.3 Å². The lowest BCUT2D eigenvalue weighted by Gasteiger charge is -2.00. The molecule has 1 aromatic carbocycles. The zero-order valence-corrected chi connectivity index (χ0v) is 10.2. The molecule has 1 aromatic heterocycles. The molecule has 0 atom stereocenters. The van der Waals surface area contributed by atoms with Crippen LogP contribution in [0, 0.1) is 0 Å². The lowest BCUT2D eigenvalue weighted by atomic mass is 10.0. The van der Waals surface area contributed by atoms with Gasteiger partial charge in [-0.2, -0.15) is 0 Å². The number of carbonyl (C=O) groups excluding carboxylic acids is 2. The smallest absolute Gasteiger partial charge is 0.144 e. The highest BCUT2D eigenvalue weighted by Crippen LogP contribution is 2.24. The molecule has 2 aromatic rings. The van der Waals surface area contributed by atoms with Crippen molar-refractivity contribution in [3.8, 4) is 11.3 Å². The second kappa shape index (κ2) is 5.60. The van der Waals surface area contributed by atoms with Gasteiger partial charge in [-0.1, -0.05) is 28.9 Å². The molecule has 0 saturated carbocycles. The number of carbonyl (C=O) groups is 2. The molecule has 0 aliphatic heterocycles. The van der Waals surface area contributed by atoms with E-state index in [0.29, 0.717) is 22.6 Å². The van der Waals surface area contributed by atoms with Crippen LogP contribution in [0.25, 0.3) is 11.3 Å². The monoisotopic (exact) mass is 263 g/mol. The van der Waals surface area contributed by atoms with Crippen molar-refractivity contribution >= 4 is 23.7 Å². The maximum Gasteiger partial charge on any atom is 0.144 e. The summed E-state index contributed by atoms with van der Waals surface area (Å²) in [5.41, 5.74) is 2.09. The number of halogens is 1. The first-order valence-corrected chi connectivity index (χ1v) is 5.73. The lowest BCUT2D eigenvalue weighted by Crippen LogP contribution is -2.03. The number of benzene rings is 1. The Hall–Kier alpha value is -1.94.